The Morgan fingerprint density at radius 1 is 1.28 bits per heavy atom. The number of nitrogens with one attached hydrogen (secondary N) is 3. The lowest BCUT2D eigenvalue weighted by molar-refractivity contribution is -0.170. The molecule has 8 nitrogen and oxygen atoms in total. The second kappa shape index (κ2) is 8.24. The van der Waals surface area contributed by atoms with Crippen LogP contribution >= 0.6 is 12.2 Å². The molecule has 0 spiro atoms. The molecule has 32 heavy (non-hydrogen) atoms. The average Bonchev–Trinajstić information content (AvgIpc) is 2.90. The van der Waals surface area contributed by atoms with Crippen molar-refractivity contribution in [2.75, 3.05) is 7.05 Å². The highest BCUT2D eigenvalue weighted by atomic mass is 32.1. The Bertz CT molecular complexity index is 837. The molecule has 4 fully saturated rings. The van der Waals surface area contributed by atoms with Crippen molar-refractivity contribution in [2.45, 2.75) is 83.0 Å². The smallest absolute Gasteiger partial charge is 0.302 e. The van der Waals surface area contributed by atoms with Crippen molar-refractivity contribution in [1.29, 1.82) is 0 Å². The molecule has 1 aliphatic heterocycles. The van der Waals surface area contributed by atoms with Gasteiger partial charge in [-0.15, -0.1) is 0 Å². The van der Waals surface area contributed by atoms with E-state index in [4.69, 9.17) is 17.0 Å². The maximum atomic E-state index is 12.3. The normalized spacial score (nSPS) is 45.3. The van der Waals surface area contributed by atoms with Crippen molar-refractivity contribution in [1.82, 2.24) is 16.1 Å². The van der Waals surface area contributed by atoms with E-state index < -0.39 is 5.60 Å². The van der Waals surface area contributed by atoms with E-state index in [0.717, 1.165) is 32.1 Å². The number of rotatable bonds is 3. The fourth-order valence-electron chi connectivity index (χ4n) is 7.61. The minimum Gasteiger partial charge on any atom is -0.462 e. The van der Waals surface area contributed by atoms with Crippen molar-refractivity contribution < 1.29 is 19.4 Å². The van der Waals surface area contributed by atoms with Gasteiger partial charge in [-0.2, -0.15) is 5.10 Å². The van der Waals surface area contributed by atoms with Crippen LogP contribution in [0.25, 0.3) is 0 Å². The third-order valence-corrected chi connectivity index (χ3v) is 9.38. The largest absolute Gasteiger partial charge is 0.462 e. The summed E-state index contributed by atoms with van der Waals surface area (Å²) in [5.41, 5.74) is 1.20. The Morgan fingerprint density at radius 2 is 2.03 bits per heavy atom. The third-order valence-electron chi connectivity index (χ3n) is 9.09. The van der Waals surface area contributed by atoms with Crippen LogP contribution in [-0.2, 0) is 14.3 Å². The Morgan fingerprint density at radius 3 is 2.72 bits per heavy atom. The van der Waals surface area contributed by atoms with Gasteiger partial charge in [-0.1, -0.05) is 6.92 Å². The molecule has 8 atom stereocenters. The van der Waals surface area contributed by atoms with Crippen LogP contribution in [0.15, 0.2) is 5.10 Å². The molecule has 3 saturated carbocycles. The third kappa shape index (κ3) is 3.61. The van der Waals surface area contributed by atoms with Crippen LogP contribution in [0.5, 0.6) is 0 Å². The minimum absolute atomic E-state index is 0.115. The summed E-state index contributed by atoms with van der Waals surface area (Å²) in [7, 11) is 1.73. The first-order valence-corrected chi connectivity index (χ1v) is 12.2. The molecule has 9 heteroatoms. The summed E-state index contributed by atoms with van der Waals surface area (Å²) >= 11 is 5.16. The van der Waals surface area contributed by atoms with Gasteiger partial charge in [0.2, 0.25) is 5.91 Å². The summed E-state index contributed by atoms with van der Waals surface area (Å²) in [6, 6.07) is 0. The number of aliphatic hydroxyl groups is 1. The topological polar surface area (TPSA) is 112 Å². The van der Waals surface area contributed by atoms with Crippen LogP contribution in [0.3, 0.4) is 0 Å². The van der Waals surface area contributed by atoms with E-state index >= 15 is 0 Å². The van der Waals surface area contributed by atoms with Gasteiger partial charge in [0.15, 0.2) is 5.11 Å². The first-order chi connectivity index (χ1) is 15.0. The molecular formula is C23H36N4O4S. The highest BCUT2D eigenvalue weighted by Gasteiger charge is 2.71. The number of ether oxygens (including phenoxy) is 1. The fraction of sp³-hybridized carbons (Fsp3) is 0.826. The van der Waals surface area contributed by atoms with E-state index in [1.807, 2.05) is 6.21 Å². The van der Waals surface area contributed by atoms with Gasteiger partial charge in [0.25, 0.3) is 0 Å². The van der Waals surface area contributed by atoms with Crippen LogP contribution in [0.4, 0.5) is 0 Å². The summed E-state index contributed by atoms with van der Waals surface area (Å²) in [5.74, 6) is 0.309. The molecule has 1 heterocycles. The number of hydrogen-bond donors (Lipinski definition) is 4. The fourth-order valence-corrected chi connectivity index (χ4v) is 7.66. The maximum absolute atomic E-state index is 12.3. The highest BCUT2D eigenvalue weighted by molar-refractivity contribution is 7.80. The van der Waals surface area contributed by atoms with Crippen molar-refractivity contribution >= 4 is 35.4 Å². The lowest BCUT2D eigenvalue weighted by Gasteiger charge is -2.54. The molecule has 4 N–H and O–H groups in total. The van der Waals surface area contributed by atoms with Crippen LogP contribution in [-0.4, -0.2) is 52.6 Å². The molecule has 1 saturated heterocycles. The second-order valence-corrected chi connectivity index (χ2v) is 11.1. The molecule has 4 aliphatic rings. The summed E-state index contributed by atoms with van der Waals surface area (Å²) in [4.78, 5) is 23.9. The van der Waals surface area contributed by atoms with Crippen LogP contribution in [0.2, 0.25) is 0 Å². The van der Waals surface area contributed by atoms with Crippen molar-refractivity contribution in [3.05, 3.63) is 0 Å². The average molecular weight is 465 g/mol. The number of amides is 1. The number of hydrazone groups is 1. The molecule has 0 aromatic heterocycles. The number of fused-ring (bicyclic) bond motifs is 5. The number of carbonyl (C=O) groups is 2. The SMILES string of the molecule is CNC(=S)N/N=C/[C@@H]1[C@H]2[C@@H]3CCC(=O)N[C@@]3(C)CC[C@@H]2[C@@]2(C)CC[C@H](OC(C)=O)C[C@@]12O. The predicted octanol–water partition coefficient (Wildman–Crippen LogP) is 1.86. The highest BCUT2D eigenvalue weighted by Crippen LogP contribution is 2.68. The van der Waals surface area contributed by atoms with Crippen molar-refractivity contribution in [3.8, 4) is 0 Å². The van der Waals surface area contributed by atoms with Crippen molar-refractivity contribution in [3.63, 3.8) is 0 Å². The van der Waals surface area contributed by atoms with Gasteiger partial charge in [0.1, 0.15) is 6.10 Å². The van der Waals surface area contributed by atoms with Crippen LogP contribution < -0.4 is 16.1 Å². The molecule has 0 aromatic rings. The molecule has 4 rings (SSSR count). The van der Waals surface area contributed by atoms with Gasteiger partial charge in [-0.05, 0) is 69.0 Å². The standard InChI is InChI=1S/C23H36N4O4S/c1-13(28)31-14-7-9-21(2)15-8-10-22(3)16(5-6-18(29)26-22)19(15)17(23(21,30)11-14)12-25-27-20(32)24-4/h12,14-17,19,30H,5-11H2,1-4H3,(H,26,29)(H2,24,27,32)/b25-12+/t14-,15-,16-,17+,19+,21+,22-,23+/m0/s1. The van der Waals surface area contributed by atoms with Gasteiger partial charge in [-0.25, -0.2) is 0 Å². The Hall–Kier alpha value is -1.74. The summed E-state index contributed by atoms with van der Waals surface area (Å²) in [5, 5.41) is 23.3. The van der Waals surface area contributed by atoms with E-state index in [0.29, 0.717) is 23.9 Å². The molecule has 1 amide bonds. The number of thiocarbonyl (C=S) groups is 1. The lowest BCUT2D eigenvalue weighted by atomic mass is 9.55. The molecule has 0 unspecified atom stereocenters. The Kier molecular flexibility index (Phi) is 6.03. The molecule has 0 radical (unpaired) electrons. The number of esters is 1. The first-order valence-electron chi connectivity index (χ1n) is 11.8. The minimum atomic E-state index is -1.06. The predicted molar refractivity (Wildman–Crippen MR) is 125 cm³/mol. The number of nitrogens with zero attached hydrogens (tertiary/aromatic N) is 1. The van der Waals surface area contributed by atoms with E-state index in [1.54, 1.807) is 7.05 Å². The number of carbonyl (C=O) groups excluding carboxylic acids is 2. The van der Waals surface area contributed by atoms with Gasteiger partial charge >= 0.3 is 5.97 Å². The van der Waals surface area contributed by atoms with Gasteiger partial charge in [0, 0.05) is 49.9 Å². The second-order valence-electron chi connectivity index (χ2n) is 10.6. The van der Waals surface area contributed by atoms with E-state index in [2.05, 4.69) is 35.0 Å². The zero-order chi connectivity index (χ0) is 23.3. The van der Waals surface area contributed by atoms with Gasteiger partial charge in [-0.3, -0.25) is 15.0 Å². The van der Waals surface area contributed by atoms with Crippen LogP contribution in [0, 0.1) is 29.1 Å². The van der Waals surface area contributed by atoms with E-state index in [-0.39, 0.29) is 46.7 Å². The van der Waals surface area contributed by atoms with Gasteiger partial charge in [0.05, 0.1) is 5.60 Å². The molecular weight excluding hydrogens is 428 g/mol. The summed E-state index contributed by atoms with van der Waals surface area (Å²) in [6.45, 7) is 5.78. The van der Waals surface area contributed by atoms with Crippen LogP contribution in [0.1, 0.15) is 65.7 Å². The molecule has 178 valence electrons. The first kappa shape index (κ1) is 23.4. The van der Waals surface area contributed by atoms with E-state index in [9.17, 15) is 14.7 Å². The van der Waals surface area contributed by atoms with Gasteiger partial charge < -0.3 is 20.5 Å². The molecule has 3 aliphatic carbocycles. The lowest BCUT2D eigenvalue weighted by Crippen LogP contribution is -2.61. The number of piperidine rings is 1. The Balaban J connectivity index is 1.73. The molecule has 0 aromatic carbocycles. The summed E-state index contributed by atoms with van der Waals surface area (Å²) in [6.07, 6.45) is 6.67. The Labute approximate surface area is 195 Å². The van der Waals surface area contributed by atoms with Crippen molar-refractivity contribution in [2.24, 2.45) is 34.2 Å². The quantitative estimate of drug-likeness (QED) is 0.218. The summed E-state index contributed by atoms with van der Waals surface area (Å²) < 4.78 is 5.57. The number of hydrogen-bond acceptors (Lipinski definition) is 6. The van der Waals surface area contributed by atoms with E-state index in [1.165, 1.54) is 6.92 Å². The monoisotopic (exact) mass is 464 g/mol. The molecule has 0 bridgehead atoms. The maximum Gasteiger partial charge on any atom is 0.302 e. The zero-order valence-corrected chi connectivity index (χ0v) is 20.3. The zero-order valence-electron chi connectivity index (χ0n) is 19.4.